The average Bonchev–Trinajstić information content (AvgIpc) is 2.48. The van der Waals surface area contributed by atoms with Gasteiger partial charge in [0.2, 0.25) is 0 Å². The van der Waals surface area contributed by atoms with Crippen LogP contribution < -0.4 is 4.90 Å². The summed E-state index contributed by atoms with van der Waals surface area (Å²) in [6.45, 7) is 1.76. The van der Waals surface area contributed by atoms with E-state index in [1.807, 2.05) is 35.2 Å². The Morgan fingerprint density at radius 1 is 1.29 bits per heavy atom. The molecule has 0 heterocycles. The van der Waals surface area contributed by atoms with E-state index in [0.717, 1.165) is 5.69 Å². The summed E-state index contributed by atoms with van der Waals surface area (Å²) in [5, 5.41) is 18.8. The molecule has 1 rings (SSSR count). The predicted octanol–water partition coefficient (Wildman–Crippen LogP) is 0.992. The van der Waals surface area contributed by atoms with Crippen molar-refractivity contribution in [2.24, 2.45) is 0 Å². The Hall–Kier alpha value is -1.63. The van der Waals surface area contributed by atoms with Gasteiger partial charge in [0.05, 0.1) is 32.3 Å². The van der Waals surface area contributed by atoms with Crippen molar-refractivity contribution in [3.63, 3.8) is 0 Å². The van der Waals surface area contributed by atoms with Crippen molar-refractivity contribution in [1.29, 1.82) is 0 Å². The van der Waals surface area contributed by atoms with Crippen molar-refractivity contribution in [2.45, 2.75) is 12.5 Å². The molecule has 0 aliphatic heterocycles. The lowest BCUT2D eigenvalue weighted by atomic mass is 10.2. The molecular formula is C15H23NO5. The Labute approximate surface area is 124 Å². The van der Waals surface area contributed by atoms with Gasteiger partial charge in [-0.25, -0.2) is 0 Å². The van der Waals surface area contributed by atoms with Crippen LogP contribution in [-0.2, 0) is 14.3 Å². The Balaban J connectivity index is 2.50. The maximum absolute atomic E-state index is 10.7. The zero-order chi connectivity index (χ0) is 15.5. The van der Waals surface area contributed by atoms with Gasteiger partial charge in [0.15, 0.2) is 0 Å². The fourth-order valence-electron chi connectivity index (χ4n) is 1.86. The molecule has 21 heavy (non-hydrogen) atoms. The molecule has 1 unspecified atom stereocenters. The first-order valence-electron chi connectivity index (χ1n) is 6.90. The van der Waals surface area contributed by atoms with Crippen LogP contribution in [0.15, 0.2) is 30.3 Å². The molecule has 1 atom stereocenters. The highest BCUT2D eigenvalue weighted by Crippen LogP contribution is 2.14. The Morgan fingerprint density at radius 2 is 2.00 bits per heavy atom. The number of hydrogen-bond acceptors (Lipinski definition) is 5. The van der Waals surface area contributed by atoms with Gasteiger partial charge in [0.1, 0.15) is 0 Å². The van der Waals surface area contributed by atoms with Crippen LogP contribution >= 0.6 is 0 Å². The number of carbonyl (C=O) groups is 1. The van der Waals surface area contributed by atoms with Gasteiger partial charge in [-0.2, -0.15) is 0 Å². The van der Waals surface area contributed by atoms with Crippen LogP contribution in [0.3, 0.4) is 0 Å². The zero-order valence-electron chi connectivity index (χ0n) is 12.3. The van der Waals surface area contributed by atoms with Crippen LogP contribution in [0, 0.1) is 0 Å². The van der Waals surface area contributed by atoms with E-state index in [9.17, 15) is 9.90 Å². The van der Waals surface area contributed by atoms with Gasteiger partial charge in [0, 0.05) is 25.9 Å². The van der Waals surface area contributed by atoms with Crippen LogP contribution in [0.25, 0.3) is 0 Å². The minimum absolute atomic E-state index is 0.0200. The number of nitrogens with zero attached hydrogens (tertiary/aromatic N) is 1. The molecule has 0 bridgehead atoms. The summed E-state index contributed by atoms with van der Waals surface area (Å²) in [7, 11) is 1.59. The molecule has 0 aromatic heterocycles. The molecule has 2 N–H and O–H groups in total. The van der Waals surface area contributed by atoms with Crippen molar-refractivity contribution < 1.29 is 24.5 Å². The minimum atomic E-state index is -0.859. The van der Waals surface area contributed by atoms with Crippen molar-refractivity contribution in [2.75, 3.05) is 44.9 Å². The number of hydrogen-bond donors (Lipinski definition) is 2. The van der Waals surface area contributed by atoms with Crippen LogP contribution in [0.1, 0.15) is 6.42 Å². The lowest BCUT2D eigenvalue weighted by Crippen LogP contribution is -2.36. The largest absolute Gasteiger partial charge is 0.481 e. The molecule has 6 heteroatoms. The van der Waals surface area contributed by atoms with E-state index in [4.69, 9.17) is 14.6 Å². The minimum Gasteiger partial charge on any atom is -0.481 e. The van der Waals surface area contributed by atoms with Crippen molar-refractivity contribution in [3.8, 4) is 0 Å². The normalized spacial score (nSPS) is 12.1. The maximum atomic E-state index is 10.7. The van der Waals surface area contributed by atoms with Crippen molar-refractivity contribution in [3.05, 3.63) is 30.3 Å². The van der Waals surface area contributed by atoms with Crippen LogP contribution in [-0.4, -0.2) is 62.3 Å². The number of para-hydroxylation sites is 1. The van der Waals surface area contributed by atoms with E-state index in [0.29, 0.717) is 26.3 Å². The van der Waals surface area contributed by atoms with Gasteiger partial charge in [-0.1, -0.05) is 18.2 Å². The van der Waals surface area contributed by atoms with E-state index in [1.165, 1.54) is 0 Å². The Morgan fingerprint density at radius 3 is 2.62 bits per heavy atom. The first-order chi connectivity index (χ1) is 10.1. The van der Waals surface area contributed by atoms with Gasteiger partial charge in [-0.3, -0.25) is 4.79 Å². The summed E-state index contributed by atoms with van der Waals surface area (Å²) in [5.41, 5.74) is 0.884. The van der Waals surface area contributed by atoms with Gasteiger partial charge >= 0.3 is 5.97 Å². The molecule has 1 aromatic rings. The predicted molar refractivity (Wildman–Crippen MR) is 79.6 cm³/mol. The third-order valence-electron chi connectivity index (χ3n) is 2.89. The monoisotopic (exact) mass is 297 g/mol. The number of ether oxygens (including phenoxy) is 2. The number of carboxylic acid groups (broad SMARTS) is 1. The first kappa shape index (κ1) is 17.4. The smallest absolute Gasteiger partial charge is 0.305 e. The fraction of sp³-hybridized carbons (Fsp3) is 0.533. The second-order valence-electron chi connectivity index (χ2n) is 4.65. The fourth-order valence-corrected chi connectivity index (χ4v) is 1.86. The van der Waals surface area contributed by atoms with Crippen molar-refractivity contribution >= 4 is 11.7 Å². The molecule has 0 spiro atoms. The molecule has 0 saturated heterocycles. The summed E-state index contributed by atoms with van der Waals surface area (Å²) in [4.78, 5) is 12.6. The summed E-state index contributed by atoms with van der Waals surface area (Å²) in [6, 6.07) is 9.43. The van der Waals surface area contributed by atoms with E-state index < -0.39 is 12.1 Å². The lowest BCUT2D eigenvalue weighted by molar-refractivity contribution is -0.136. The topological polar surface area (TPSA) is 79.2 Å². The van der Waals surface area contributed by atoms with Crippen LogP contribution in [0.4, 0.5) is 5.69 Å². The summed E-state index contributed by atoms with van der Waals surface area (Å²) in [6.07, 6.45) is -0.664. The second kappa shape index (κ2) is 10.1. The average molecular weight is 297 g/mol. The number of aliphatic hydroxyl groups excluding tert-OH is 1. The van der Waals surface area contributed by atoms with E-state index in [2.05, 4.69) is 0 Å². The number of methoxy groups -OCH3 is 1. The highest BCUT2D eigenvalue weighted by atomic mass is 16.5. The molecule has 0 fully saturated rings. The SMILES string of the molecule is COCCOCC(O)CN(CCC(=O)O)c1ccccc1. The van der Waals surface area contributed by atoms with E-state index >= 15 is 0 Å². The second-order valence-corrected chi connectivity index (χ2v) is 4.65. The number of anilines is 1. The number of aliphatic hydroxyl groups is 1. The molecule has 0 amide bonds. The Bertz CT molecular complexity index is 398. The number of aliphatic carboxylic acids is 1. The highest BCUT2D eigenvalue weighted by Gasteiger charge is 2.14. The van der Waals surface area contributed by atoms with Crippen molar-refractivity contribution in [1.82, 2.24) is 0 Å². The quantitative estimate of drug-likeness (QED) is 0.593. The van der Waals surface area contributed by atoms with E-state index in [1.54, 1.807) is 7.11 Å². The molecule has 6 nitrogen and oxygen atoms in total. The van der Waals surface area contributed by atoms with Gasteiger partial charge in [0.25, 0.3) is 0 Å². The number of benzene rings is 1. The number of carboxylic acids is 1. The molecular weight excluding hydrogens is 274 g/mol. The maximum Gasteiger partial charge on any atom is 0.305 e. The molecule has 1 aromatic carbocycles. The highest BCUT2D eigenvalue weighted by molar-refractivity contribution is 5.67. The molecule has 0 aliphatic rings. The van der Waals surface area contributed by atoms with E-state index in [-0.39, 0.29) is 13.0 Å². The van der Waals surface area contributed by atoms with Gasteiger partial charge in [-0.05, 0) is 12.1 Å². The third-order valence-corrected chi connectivity index (χ3v) is 2.89. The molecule has 118 valence electrons. The van der Waals surface area contributed by atoms with Gasteiger partial charge in [-0.15, -0.1) is 0 Å². The summed E-state index contributed by atoms with van der Waals surface area (Å²) in [5.74, 6) is -0.859. The standard InChI is InChI=1S/C15H23NO5/c1-20-9-10-21-12-14(17)11-16(8-7-15(18)19)13-5-3-2-4-6-13/h2-6,14,17H,7-12H2,1H3,(H,18,19). The lowest BCUT2D eigenvalue weighted by Gasteiger charge is -2.26. The molecule has 0 saturated carbocycles. The summed E-state index contributed by atoms with van der Waals surface area (Å²) < 4.78 is 10.1. The Kier molecular flexibility index (Phi) is 8.42. The van der Waals surface area contributed by atoms with Gasteiger partial charge < -0.3 is 24.6 Å². The first-order valence-corrected chi connectivity index (χ1v) is 6.90. The van der Waals surface area contributed by atoms with Crippen LogP contribution in [0.5, 0.6) is 0 Å². The number of rotatable bonds is 11. The molecule has 0 radical (unpaired) electrons. The zero-order valence-corrected chi connectivity index (χ0v) is 12.3. The summed E-state index contributed by atoms with van der Waals surface area (Å²) >= 11 is 0. The molecule has 0 aliphatic carbocycles. The third kappa shape index (κ3) is 7.65. The van der Waals surface area contributed by atoms with Crippen LogP contribution in [0.2, 0.25) is 0 Å².